The summed E-state index contributed by atoms with van der Waals surface area (Å²) in [4.78, 5) is 63.9. The van der Waals surface area contributed by atoms with Crippen LogP contribution in [0.15, 0.2) is 0 Å². The van der Waals surface area contributed by atoms with E-state index in [1.165, 1.54) is 0 Å². The van der Waals surface area contributed by atoms with E-state index in [2.05, 4.69) is 19.4 Å². The van der Waals surface area contributed by atoms with Gasteiger partial charge in [-0.2, -0.15) is 0 Å². The molecule has 0 atom stereocenters. The van der Waals surface area contributed by atoms with Gasteiger partial charge < -0.3 is 19.4 Å². The molecule has 0 aromatic rings. The third-order valence-corrected chi connectivity index (χ3v) is 2.11. The summed E-state index contributed by atoms with van der Waals surface area (Å²) >= 11 is 0. The molecule has 2 rings (SSSR count). The number of hydroxylamine groups is 4. The topological polar surface area (TPSA) is 112 Å². The summed E-state index contributed by atoms with van der Waals surface area (Å²) in [5, 5.41) is 0.976. The van der Waals surface area contributed by atoms with Crippen LogP contribution in [0.3, 0.4) is 0 Å². The lowest BCUT2D eigenvalue weighted by molar-refractivity contribution is -0.406. The zero-order chi connectivity index (χ0) is 13.8. The Morgan fingerprint density at radius 3 is 1.11 bits per heavy atom. The molecule has 2 aliphatic heterocycles. The lowest BCUT2D eigenvalue weighted by Gasteiger charge is -2.22. The fourth-order valence-electron chi connectivity index (χ4n) is 1.29. The smallest absolute Gasteiger partial charge is 0.329 e. The first-order valence-corrected chi connectivity index (χ1v) is 5.41. The third kappa shape index (κ3) is 3.89. The van der Waals surface area contributed by atoms with Crippen LogP contribution in [-0.2, 0) is 38.5 Å². The molecule has 0 aromatic carbocycles. The van der Waals surface area contributed by atoms with Gasteiger partial charge in [0.05, 0.1) is 36.1 Å². The van der Waals surface area contributed by atoms with Crippen molar-refractivity contribution in [3.63, 3.8) is 0 Å². The molecule has 0 aromatic heterocycles. The van der Waals surface area contributed by atoms with E-state index in [9.17, 15) is 19.2 Å². The van der Waals surface area contributed by atoms with Crippen LogP contribution in [-0.4, -0.2) is 41.0 Å². The van der Waals surface area contributed by atoms with Crippen LogP contribution in [0.4, 0.5) is 0 Å². The second-order valence-electron chi connectivity index (χ2n) is 3.66. The van der Waals surface area contributed by atoms with Gasteiger partial charge in [-0.1, -0.05) is 0 Å². The van der Waals surface area contributed by atoms with Gasteiger partial charge in [0, 0.05) is 0 Å². The van der Waals surface area contributed by atoms with Crippen LogP contribution in [0, 0.1) is 0 Å². The summed E-state index contributed by atoms with van der Waals surface area (Å²) in [7, 11) is 0. The molecule has 2 saturated heterocycles. The first kappa shape index (κ1) is 13.2. The Bertz CT molecular complexity index is 348. The Balaban J connectivity index is 2.17. The van der Waals surface area contributed by atoms with Crippen molar-refractivity contribution in [3.05, 3.63) is 0 Å². The van der Waals surface area contributed by atoms with Gasteiger partial charge in [-0.15, -0.1) is 0 Å². The number of carbonyl (C=O) groups is 4. The molecule has 0 saturated carbocycles. The van der Waals surface area contributed by atoms with Crippen LogP contribution >= 0.6 is 0 Å². The normalized spacial score (nSPS) is 29.1. The quantitative estimate of drug-likeness (QED) is 0.543. The van der Waals surface area contributed by atoms with Crippen molar-refractivity contribution in [2.24, 2.45) is 0 Å². The van der Waals surface area contributed by atoms with Gasteiger partial charge in [0.15, 0.2) is 6.67 Å². The van der Waals surface area contributed by atoms with Crippen LogP contribution in [0.25, 0.3) is 0 Å². The van der Waals surface area contributed by atoms with Gasteiger partial charge in [-0.3, -0.25) is 19.2 Å². The number of nitrogens with zero attached hydrogens (tertiary/aromatic N) is 2. The van der Waals surface area contributed by atoms with Crippen LogP contribution in [0.2, 0.25) is 0 Å². The van der Waals surface area contributed by atoms with Gasteiger partial charge >= 0.3 is 23.9 Å². The van der Waals surface area contributed by atoms with Crippen molar-refractivity contribution in [3.8, 4) is 0 Å². The average Bonchev–Trinajstić information content (AvgIpc) is 2.41. The molecule has 0 amide bonds. The minimum absolute atomic E-state index is 0.255. The Kier molecular flexibility index (Phi) is 3.92. The largest absolute Gasteiger partial charge is 0.331 e. The Labute approximate surface area is 106 Å². The van der Waals surface area contributed by atoms with Crippen molar-refractivity contribution in [1.82, 2.24) is 10.5 Å². The number of hydrogen-bond acceptors (Lipinski definition) is 10. The molecular weight excluding hydrogens is 264 g/mol. The fraction of sp³-hybridized carbons (Fsp3) is 0.556. The zero-order valence-corrected chi connectivity index (χ0v) is 9.70. The number of hydrogen-bond donors (Lipinski definition) is 0. The Hall–Kier alpha value is -2.20. The van der Waals surface area contributed by atoms with E-state index in [1.54, 1.807) is 0 Å². The predicted octanol–water partition coefficient (Wildman–Crippen LogP) is -1.03. The molecule has 2 bridgehead atoms. The molecule has 104 valence electrons. The minimum atomic E-state index is -0.780. The molecule has 2 heterocycles. The maximum absolute atomic E-state index is 11.3. The van der Waals surface area contributed by atoms with E-state index >= 15 is 0 Å². The SMILES string of the molecule is O=C1CCC(=O)ON2CN(O1)OC(=O)CCC(=O)O2. The van der Waals surface area contributed by atoms with Gasteiger partial charge in [-0.25, -0.2) is 0 Å². The highest BCUT2D eigenvalue weighted by atomic mass is 17.0. The van der Waals surface area contributed by atoms with E-state index in [4.69, 9.17) is 0 Å². The molecule has 2 fully saturated rings. The molecule has 2 aliphatic rings. The molecule has 19 heavy (non-hydrogen) atoms. The summed E-state index contributed by atoms with van der Waals surface area (Å²) in [6, 6.07) is 0. The van der Waals surface area contributed by atoms with Crippen molar-refractivity contribution < 1.29 is 38.5 Å². The molecule has 0 N–H and O–H groups in total. The maximum Gasteiger partial charge on any atom is 0.329 e. The lowest BCUT2D eigenvalue weighted by atomic mass is 10.3. The second kappa shape index (κ2) is 5.63. The molecule has 10 nitrogen and oxygen atoms in total. The number of carbonyl (C=O) groups excluding carboxylic acids is 4. The summed E-state index contributed by atoms with van der Waals surface area (Å²) in [5.74, 6) is -3.12. The van der Waals surface area contributed by atoms with E-state index < -0.39 is 30.5 Å². The van der Waals surface area contributed by atoms with Crippen molar-refractivity contribution in [2.45, 2.75) is 25.7 Å². The lowest BCUT2D eigenvalue weighted by Crippen LogP contribution is -2.40. The van der Waals surface area contributed by atoms with E-state index in [0.29, 0.717) is 10.5 Å². The summed E-state index contributed by atoms with van der Waals surface area (Å²) in [5.41, 5.74) is 0. The summed E-state index contributed by atoms with van der Waals surface area (Å²) < 4.78 is 0. The number of fused-ring (bicyclic) bond motifs is 2. The average molecular weight is 274 g/mol. The molecule has 0 radical (unpaired) electrons. The standard InChI is InChI=1S/C9H10N2O8/c12-6-1-2-7(13)17-11-5-10(16-6)18-8(14)3-4-9(15)19-11/h1-5H2. The third-order valence-electron chi connectivity index (χ3n) is 2.11. The highest BCUT2D eigenvalue weighted by molar-refractivity contribution is 5.79. The maximum atomic E-state index is 11.3. The van der Waals surface area contributed by atoms with Crippen LogP contribution in [0.5, 0.6) is 0 Å². The molecular formula is C9H10N2O8. The Morgan fingerprint density at radius 2 is 0.842 bits per heavy atom. The van der Waals surface area contributed by atoms with Gasteiger partial charge in [-0.05, 0) is 0 Å². The second-order valence-corrected chi connectivity index (χ2v) is 3.66. The highest BCUT2D eigenvalue weighted by Crippen LogP contribution is 2.12. The first-order valence-electron chi connectivity index (χ1n) is 5.41. The molecule has 0 unspecified atom stereocenters. The van der Waals surface area contributed by atoms with Crippen molar-refractivity contribution >= 4 is 23.9 Å². The highest BCUT2D eigenvalue weighted by Gasteiger charge is 2.30. The zero-order valence-electron chi connectivity index (χ0n) is 9.70. The molecule has 0 aliphatic carbocycles. The van der Waals surface area contributed by atoms with Gasteiger partial charge in [0.1, 0.15) is 0 Å². The molecule has 10 heteroatoms. The van der Waals surface area contributed by atoms with Gasteiger partial charge in [0.2, 0.25) is 0 Å². The summed E-state index contributed by atoms with van der Waals surface area (Å²) in [6.45, 7) is -0.561. The monoisotopic (exact) mass is 274 g/mol. The Morgan fingerprint density at radius 1 is 0.579 bits per heavy atom. The number of rotatable bonds is 0. The van der Waals surface area contributed by atoms with Crippen molar-refractivity contribution in [1.29, 1.82) is 0 Å². The van der Waals surface area contributed by atoms with Crippen LogP contribution < -0.4 is 0 Å². The predicted molar refractivity (Wildman–Crippen MR) is 51.4 cm³/mol. The summed E-state index contributed by atoms with van der Waals surface area (Å²) in [6.07, 6.45) is -1.02. The van der Waals surface area contributed by atoms with E-state index in [0.717, 1.165) is 0 Å². The van der Waals surface area contributed by atoms with Crippen molar-refractivity contribution in [2.75, 3.05) is 6.67 Å². The van der Waals surface area contributed by atoms with Gasteiger partial charge in [0.25, 0.3) is 0 Å². The van der Waals surface area contributed by atoms with E-state index in [1.807, 2.05) is 0 Å². The molecule has 0 spiro atoms. The van der Waals surface area contributed by atoms with Crippen LogP contribution in [0.1, 0.15) is 25.7 Å². The first-order chi connectivity index (χ1) is 9.02. The minimum Gasteiger partial charge on any atom is -0.331 e. The van der Waals surface area contributed by atoms with E-state index in [-0.39, 0.29) is 25.7 Å². The fourth-order valence-corrected chi connectivity index (χ4v) is 1.29.